The molecule has 0 aliphatic heterocycles. The minimum atomic E-state index is 1.01. The number of allylic oxidation sites excluding steroid dienone is 2. The van der Waals surface area contributed by atoms with Crippen LogP contribution in [0.5, 0.6) is 0 Å². The summed E-state index contributed by atoms with van der Waals surface area (Å²) < 4.78 is 0. The molecule has 60 valence electrons. The zero-order valence-corrected chi connectivity index (χ0v) is 7.30. The summed E-state index contributed by atoms with van der Waals surface area (Å²) in [5, 5.41) is 0. The predicted octanol–water partition coefficient (Wildman–Crippen LogP) is 3.12. The topological polar surface area (TPSA) is 0 Å². The lowest BCUT2D eigenvalue weighted by atomic mass is 9.93. The maximum Gasteiger partial charge on any atom is -0.00256 e. The van der Waals surface area contributed by atoms with Gasteiger partial charge in [0.15, 0.2) is 0 Å². The normalized spacial score (nSPS) is 14.6. The fourth-order valence-corrected chi connectivity index (χ4v) is 1.56. The van der Waals surface area contributed by atoms with E-state index in [4.69, 9.17) is 0 Å². The molecule has 0 heterocycles. The van der Waals surface area contributed by atoms with Gasteiger partial charge in [0.05, 0.1) is 0 Å². The third kappa shape index (κ3) is 1.20. The SMILES string of the molecule is C=C1C=Cc2ccc(C)cc2C1. The second-order valence-electron chi connectivity index (χ2n) is 3.37. The van der Waals surface area contributed by atoms with Gasteiger partial charge in [0.25, 0.3) is 0 Å². The second kappa shape index (κ2) is 2.63. The zero-order valence-electron chi connectivity index (χ0n) is 7.30. The fourth-order valence-electron chi connectivity index (χ4n) is 1.56. The molecule has 0 nitrogen and oxygen atoms in total. The highest BCUT2D eigenvalue weighted by Gasteiger charge is 2.05. The van der Waals surface area contributed by atoms with Crippen LogP contribution in [0.2, 0.25) is 0 Å². The zero-order chi connectivity index (χ0) is 8.55. The Kier molecular flexibility index (Phi) is 1.61. The highest BCUT2D eigenvalue weighted by Crippen LogP contribution is 2.22. The van der Waals surface area contributed by atoms with Crippen LogP contribution in [0.3, 0.4) is 0 Å². The van der Waals surface area contributed by atoms with E-state index in [-0.39, 0.29) is 0 Å². The minimum absolute atomic E-state index is 1.01. The van der Waals surface area contributed by atoms with E-state index >= 15 is 0 Å². The van der Waals surface area contributed by atoms with Crippen LogP contribution in [0.1, 0.15) is 16.7 Å². The average molecular weight is 156 g/mol. The van der Waals surface area contributed by atoms with Crippen LogP contribution >= 0.6 is 0 Å². The molecule has 0 saturated heterocycles. The maximum atomic E-state index is 3.96. The van der Waals surface area contributed by atoms with E-state index in [1.807, 2.05) is 0 Å². The van der Waals surface area contributed by atoms with Crippen LogP contribution in [-0.4, -0.2) is 0 Å². The van der Waals surface area contributed by atoms with E-state index in [1.165, 1.54) is 22.3 Å². The molecule has 0 spiro atoms. The molecule has 0 amide bonds. The summed E-state index contributed by atoms with van der Waals surface area (Å²) in [5.74, 6) is 0. The van der Waals surface area contributed by atoms with Crippen molar-refractivity contribution in [2.24, 2.45) is 0 Å². The van der Waals surface area contributed by atoms with Crippen molar-refractivity contribution >= 4 is 6.08 Å². The standard InChI is InChI=1S/C12H12/c1-9-3-5-11-6-4-10(2)8-12(11)7-9/h3-6,8H,1,7H2,2H3. The van der Waals surface area contributed by atoms with Crippen molar-refractivity contribution in [1.82, 2.24) is 0 Å². The Morgan fingerprint density at radius 1 is 1.25 bits per heavy atom. The smallest absolute Gasteiger partial charge is 0.00256 e. The minimum Gasteiger partial charge on any atom is -0.0955 e. The summed E-state index contributed by atoms with van der Waals surface area (Å²) in [5.41, 5.74) is 5.28. The van der Waals surface area contributed by atoms with Crippen molar-refractivity contribution in [3.63, 3.8) is 0 Å². The lowest BCUT2D eigenvalue weighted by Crippen LogP contribution is -1.96. The summed E-state index contributed by atoms with van der Waals surface area (Å²) in [6, 6.07) is 6.56. The predicted molar refractivity (Wildman–Crippen MR) is 53.1 cm³/mol. The molecule has 1 aromatic rings. The van der Waals surface area contributed by atoms with E-state index in [2.05, 4.69) is 43.9 Å². The molecular weight excluding hydrogens is 144 g/mol. The molecule has 12 heavy (non-hydrogen) atoms. The summed E-state index contributed by atoms with van der Waals surface area (Å²) >= 11 is 0. The third-order valence-corrected chi connectivity index (χ3v) is 2.21. The van der Waals surface area contributed by atoms with Gasteiger partial charge >= 0.3 is 0 Å². The number of hydrogen-bond donors (Lipinski definition) is 0. The van der Waals surface area contributed by atoms with Crippen LogP contribution in [0.4, 0.5) is 0 Å². The maximum absolute atomic E-state index is 3.96. The molecule has 0 atom stereocenters. The largest absolute Gasteiger partial charge is 0.0955 e. The van der Waals surface area contributed by atoms with Crippen molar-refractivity contribution < 1.29 is 0 Å². The van der Waals surface area contributed by atoms with Gasteiger partial charge in [0.1, 0.15) is 0 Å². The lowest BCUT2D eigenvalue weighted by Gasteiger charge is -2.12. The molecule has 0 bridgehead atoms. The molecule has 1 aromatic carbocycles. The monoisotopic (exact) mass is 156 g/mol. The van der Waals surface area contributed by atoms with Gasteiger partial charge in [-0.25, -0.2) is 0 Å². The van der Waals surface area contributed by atoms with Gasteiger partial charge in [0.2, 0.25) is 0 Å². The quantitative estimate of drug-likeness (QED) is 0.541. The van der Waals surface area contributed by atoms with E-state index in [9.17, 15) is 0 Å². The highest BCUT2D eigenvalue weighted by molar-refractivity contribution is 5.61. The Hall–Kier alpha value is -1.30. The van der Waals surface area contributed by atoms with Gasteiger partial charge in [-0.1, -0.05) is 48.1 Å². The van der Waals surface area contributed by atoms with Crippen LogP contribution < -0.4 is 0 Å². The van der Waals surface area contributed by atoms with Gasteiger partial charge in [-0.2, -0.15) is 0 Å². The molecule has 1 aliphatic carbocycles. The van der Waals surface area contributed by atoms with Crippen LogP contribution in [0.15, 0.2) is 36.4 Å². The Morgan fingerprint density at radius 3 is 2.92 bits per heavy atom. The molecule has 0 saturated carbocycles. The number of fused-ring (bicyclic) bond motifs is 1. The molecular formula is C12H12. The summed E-state index contributed by atoms with van der Waals surface area (Å²) in [6.07, 6.45) is 5.24. The molecule has 0 unspecified atom stereocenters. The van der Waals surface area contributed by atoms with Crippen LogP contribution in [-0.2, 0) is 6.42 Å². The van der Waals surface area contributed by atoms with E-state index in [0.717, 1.165) is 6.42 Å². The molecule has 0 N–H and O–H groups in total. The van der Waals surface area contributed by atoms with E-state index < -0.39 is 0 Å². The van der Waals surface area contributed by atoms with Gasteiger partial charge in [-0.3, -0.25) is 0 Å². The number of benzene rings is 1. The second-order valence-corrected chi connectivity index (χ2v) is 3.37. The van der Waals surface area contributed by atoms with Crippen LogP contribution in [0, 0.1) is 6.92 Å². The molecule has 2 rings (SSSR count). The molecule has 0 radical (unpaired) electrons. The Labute approximate surface area is 73.2 Å². The molecule has 0 heteroatoms. The average Bonchev–Trinajstić information content (AvgIpc) is 2.03. The first-order chi connectivity index (χ1) is 5.75. The van der Waals surface area contributed by atoms with Crippen molar-refractivity contribution in [3.05, 3.63) is 53.1 Å². The molecule has 1 aliphatic rings. The molecule has 0 fully saturated rings. The van der Waals surface area contributed by atoms with Gasteiger partial charge < -0.3 is 0 Å². The van der Waals surface area contributed by atoms with Crippen molar-refractivity contribution in [2.45, 2.75) is 13.3 Å². The van der Waals surface area contributed by atoms with E-state index in [0.29, 0.717) is 0 Å². The Balaban J connectivity index is 2.54. The van der Waals surface area contributed by atoms with Crippen molar-refractivity contribution in [3.8, 4) is 0 Å². The first kappa shape index (κ1) is 7.35. The first-order valence-corrected chi connectivity index (χ1v) is 4.21. The Morgan fingerprint density at radius 2 is 2.08 bits per heavy atom. The van der Waals surface area contributed by atoms with E-state index in [1.54, 1.807) is 0 Å². The fraction of sp³-hybridized carbons (Fsp3) is 0.167. The Bertz CT molecular complexity index is 356. The van der Waals surface area contributed by atoms with Crippen molar-refractivity contribution in [1.29, 1.82) is 0 Å². The summed E-state index contributed by atoms with van der Waals surface area (Å²) in [6.45, 7) is 6.08. The van der Waals surface area contributed by atoms with Gasteiger partial charge in [0, 0.05) is 0 Å². The number of rotatable bonds is 0. The van der Waals surface area contributed by atoms with Gasteiger partial charge in [-0.05, 0) is 24.5 Å². The number of hydrogen-bond acceptors (Lipinski definition) is 0. The lowest BCUT2D eigenvalue weighted by molar-refractivity contribution is 1.17. The van der Waals surface area contributed by atoms with Crippen molar-refractivity contribution in [2.75, 3.05) is 0 Å². The third-order valence-electron chi connectivity index (χ3n) is 2.21. The van der Waals surface area contributed by atoms with Crippen LogP contribution in [0.25, 0.3) is 6.08 Å². The number of aryl methyl sites for hydroxylation is 1. The highest BCUT2D eigenvalue weighted by atomic mass is 14.1. The first-order valence-electron chi connectivity index (χ1n) is 4.21. The molecule has 0 aromatic heterocycles. The summed E-state index contributed by atoms with van der Waals surface area (Å²) in [7, 11) is 0. The summed E-state index contributed by atoms with van der Waals surface area (Å²) in [4.78, 5) is 0. The van der Waals surface area contributed by atoms with Gasteiger partial charge in [-0.15, -0.1) is 0 Å².